The van der Waals surface area contributed by atoms with E-state index in [1.54, 1.807) is 30.5 Å². The van der Waals surface area contributed by atoms with Gasteiger partial charge in [-0.25, -0.2) is 9.37 Å². The van der Waals surface area contributed by atoms with Gasteiger partial charge in [0.2, 0.25) is 0 Å². The first-order valence-electron chi connectivity index (χ1n) is 8.23. The molecule has 1 N–H and O–H groups in total. The number of nitrogens with zero attached hydrogens (tertiary/aromatic N) is 3. The van der Waals surface area contributed by atoms with E-state index in [1.807, 2.05) is 24.3 Å². The number of aromatic amines is 1. The standard InChI is InChI=1S/C21H11BrClFN4/c22-20-19(27-21(28-20)18-15(23)5-2-6-16(18)24)14-7-8-17(26-11-14)13-4-1-3-12(9-13)10-25/h1-9,11H,(H,27,28). The van der Waals surface area contributed by atoms with Gasteiger partial charge in [-0.3, -0.25) is 4.98 Å². The van der Waals surface area contributed by atoms with E-state index < -0.39 is 5.82 Å². The number of rotatable bonds is 3. The predicted octanol–water partition coefficient (Wildman–Crippen LogP) is 6.23. The Kier molecular flexibility index (Phi) is 4.95. The van der Waals surface area contributed by atoms with E-state index in [9.17, 15) is 4.39 Å². The summed E-state index contributed by atoms with van der Waals surface area (Å²) in [5, 5.41) is 9.32. The SMILES string of the molecule is N#Cc1cccc(-c2ccc(-c3nc(-c4c(F)cccc4Cl)[nH]c3Br)cn2)c1. The van der Waals surface area contributed by atoms with Gasteiger partial charge in [-0.1, -0.05) is 29.8 Å². The van der Waals surface area contributed by atoms with Gasteiger partial charge >= 0.3 is 0 Å². The van der Waals surface area contributed by atoms with E-state index in [1.165, 1.54) is 6.07 Å². The minimum Gasteiger partial charge on any atom is -0.332 e. The highest BCUT2D eigenvalue weighted by Gasteiger charge is 2.17. The number of nitrogens with one attached hydrogen (secondary N) is 1. The Bertz CT molecular complexity index is 1190. The van der Waals surface area contributed by atoms with Crippen molar-refractivity contribution in [3.05, 3.63) is 81.8 Å². The van der Waals surface area contributed by atoms with Crippen LogP contribution in [0.25, 0.3) is 33.9 Å². The van der Waals surface area contributed by atoms with Gasteiger partial charge in [0.1, 0.15) is 21.9 Å². The average molecular weight is 454 g/mol. The maximum Gasteiger partial charge on any atom is 0.143 e. The van der Waals surface area contributed by atoms with E-state index in [0.29, 0.717) is 21.7 Å². The van der Waals surface area contributed by atoms with E-state index in [4.69, 9.17) is 16.9 Å². The molecule has 2 aromatic heterocycles. The lowest BCUT2D eigenvalue weighted by Crippen LogP contribution is -1.88. The first-order chi connectivity index (χ1) is 13.6. The number of pyridine rings is 1. The van der Waals surface area contributed by atoms with Crippen LogP contribution in [-0.4, -0.2) is 15.0 Å². The highest BCUT2D eigenvalue weighted by molar-refractivity contribution is 9.10. The summed E-state index contributed by atoms with van der Waals surface area (Å²) in [5.74, 6) is -0.123. The Morgan fingerprint density at radius 2 is 1.89 bits per heavy atom. The van der Waals surface area contributed by atoms with Crippen LogP contribution >= 0.6 is 27.5 Å². The molecule has 0 unspecified atom stereocenters. The van der Waals surface area contributed by atoms with Crippen LogP contribution in [-0.2, 0) is 0 Å². The molecule has 0 aliphatic heterocycles. The van der Waals surface area contributed by atoms with Crippen LogP contribution < -0.4 is 0 Å². The van der Waals surface area contributed by atoms with Crippen molar-refractivity contribution >= 4 is 27.5 Å². The Balaban J connectivity index is 1.71. The minimum atomic E-state index is -0.453. The van der Waals surface area contributed by atoms with Crippen molar-refractivity contribution in [1.29, 1.82) is 5.26 Å². The Labute approximate surface area is 173 Å². The molecule has 0 spiro atoms. The van der Waals surface area contributed by atoms with Gasteiger partial charge in [0.25, 0.3) is 0 Å². The largest absolute Gasteiger partial charge is 0.332 e. The second-order valence-electron chi connectivity index (χ2n) is 5.97. The van der Waals surface area contributed by atoms with Gasteiger partial charge < -0.3 is 4.98 Å². The maximum atomic E-state index is 14.2. The normalized spacial score (nSPS) is 10.6. The van der Waals surface area contributed by atoms with Crippen molar-refractivity contribution in [1.82, 2.24) is 15.0 Å². The van der Waals surface area contributed by atoms with E-state index >= 15 is 0 Å². The molecule has 4 aromatic rings. The molecule has 4 rings (SSSR count). The van der Waals surface area contributed by atoms with Crippen molar-refractivity contribution in [3.63, 3.8) is 0 Å². The summed E-state index contributed by atoms with van der Waals surface area (Å²) >= 11 is 9.57. The van der Waals surface area contributed by atoms with E-state index in [0.717, 1.165) is 16.8 Å². The smallest absolute Gasteiger partial charge is 0.143 e. The molecular formula is C21H11BrClFN4. The van der Waals surface area contributed by atoms with Crippen LogP contribution in [0.15, 0.2) is 65.4 Å². The number of hydrogen-bond donors (Lipinski definition) is 1. The molecular weight excluding hydrogens is 443 g/mol. The van der Waals surface area contributed by atoms with Gasteiger partial charge in [-0.15, -0.1) is 0 Å². The average Bonchev–Trinajstić information content (AvgIpc) is 3.09. The molecule has 0 saturated carbocycles. The number of hydrogen-bond acceptors (Lipinski definition) is 3. The Morgan fingerprint density at radius 1 is 1.07 bits per heavy atom. The second-order valence-corrected chi connectivity index (χ2v) is 7.17. The zero-order valence-corrected chi connectivity index (χ0v) is 16.6. The van der Waals surface area contributed by atoms with Crippen LogP contribution in [0, 0.1) is 17.1 Å². The van der Waals surface area contributed by atoms with Crippen LogP contribution in [0.3, 0.4) is 0 Å². The molecule has 2 heterocycles. The van der Waals surface area contributed by atoms with Gasteiger partial charge in [0.05, 0.1) is 27.9 Å². The highest BCUT2D eigenvalue weighted by Crippen LogP contribution is 2.34. The van der Waals surface area contributed by atoms with Gasteiger partial charge in [0.15, 0.2) is 0 Å². The number of benzene rings is 2. The molecule has 4 nitrogen and oxygen atoms in total. The molecule has 28 heavy (non-hydrogen) atoms. The van der Waals surface area contributed by atoms with Crippen LogP contribution in [0.2, 0.25) is 5.02 Å². The highest BCUT2D eigenvalue weighted by atomic mass is 79.9. The Hall–Kier alpha value is -3.01. The van der Waals surface area contributed by atoms with Crippen molar-refractivity contribution in [2.24, 2.45) is 0 Å². The van der Waals surface area contributed by atoms with Crippen LogP contribution in [0.5, 0.6) is 0 Å². The summed E-state index contributed by atoms with van der Waals surface area (Å²) in [7, 11) is 0. The van der Waals surface area contributed by atoms with Crippen molar-refractivity contribution in [2.45, 2.75) is 0 Å². The lowest BCUT2D eigenvalue weighted by atomic mass is 10.1. The third kappa shape index (κ3) is 3.42. The number of imidazole rings is 1. The number of H-pyrrole nitrogens is 1. The fraction of sp³-hybridized carbons (Fsp3) is 0. The molecule has 0 amide bonds. The quantitative estimate of drug-likeness (QED) is 0.400. The number of halogens is 3. The fourth-order valence-electron chi connectivity index (χ4n) is 2.84. The van der Waals surface area contributed by atoms with Crippen molar-refractivity contribution < 1.29 is 4.39 Å². The first-order valence-corrected chi connectivity index (χ1v) is 9.41. The fourth-order valence-corrected chi connectivity index (χ4v) is 3.60. The lowest BCUT2D eigenvalue weighted by molar-refractivity contribution is 0.630. The third-order valence-electron chi connectivity index (χ3n) is 4.18. The number of aromatic nitrogens is 3. The Morgan fingerprint density at radius 3 is 2.61 bits per heavy atom. The molecule has 136 valence electrons. The van der Waals surface area contributed by atoms with Crippen molar-refractivity contribution in [2.75, 3.05) is 0 Å². The van der Waals surface area contributed by atoms with Gasteiger partial charge in [-0.05, 0) is 52.3 Å². The van der Waals surface area contributed by atoms with E-state index in [-0.39, 0.29) is 10.6 Å². The molecule has 2 aromatic carbocycles. The van der Waals surface area contributed by atoms with E-state index in [2.05, 4.69) is 37.0 Å². The summed E-state index contributed by atoms with van der Waals surface area (Å²) in [4.78, 5) is 12.0. The van der Waals surface area contributed by atoms with Crippen LogP contribution in [0.4, 0.5) is 4.39 Å². The third-order valence-corrected chi connectivity index (χ3v) is 5.07. The summed E-state index contributed by atoms with van der Waals surface area (Å²) in [6, 6.07) is 17.6. The minimum absolute atomic E-state index is 0.217. The lowest BCUT2D eigenvalue weighted by Gasteiger charge is -2.03. The van der Waals surface area contributed by atoms with Gasteiger partial charge in [-0.2, -0.15) is 5.26 Å². The molecule has 0 fully saturated rings. The summed E-state index contributed by atoms with van der Waals surface area (Å²) in [5.41, 5.74) is 3.73. The monoisotopic (exact) mass is 452 g/mol. The zero-order valence-electron chi connectivity index (χ0n) is 14.2. The molecule has 0 radical (unpaired) electrons. The summed E-state index contributed by atoms with van der Waals surface area (Å²) in [6.07, 6.45) is 1.68. The molecule has 0 aliphatic rings. The van der Waals surface area contributed by atoms with Gasteiger partial charge in [0, 0.05) is 17.3 Å². The first kappa shape index (κ1) is 18.4. The maximum absolute atomic E-state index is 14.2. The molecule has 0 bridgehead atoms. The molecule has 0 aliphatic carbocycles. The zero-order chi connectivity index (χ0) is 19.7. The molecule has 7 heteroatoms. The summed E-state index contributed by atoms with van der Waals surface area (Å²) in [6.45, 7) is 0. The summed E-state index contributed by atoms with van der Waals surface area (Å²) < 4.78 is 14.8. The second kappa shape index (κ2) is 7.55. The van der Waals surface area contributed by atoms with Crippen molar-refractivity contribution in [3.8, 4) is 40.0 Å². The van der Waals surface area contributed by atoms with Crippen LogP contribution in [0.1, 0.15) is 5.56 Å². The topological polar surface area (TPSA) is 65.4 Å². The molecule has 0 atom stereocenters. The predicted molar refractivity (Wildman–Crippen MR) is 110 cm³/mol. The number of nitriles is 1. The molecule has 0 saturated heterocycles.